The van der Waals surface area contributed by atoms with Gasteiger partial charge in [-0.15, -0.1) is 0 Å². The van der Waals surface area contributed by atoms with Gasteiger partial charge >= 0.3 is 0 Å². The minimum Gasteiger partial charge on any atom is -0.343 e. The molecule has 0 aliphatic carbocycles. The van der Waals surface area contributed by atoms with Crippen LogP contribution in [-0.4, -0.2) is 43.6 Å². The summed E-state index contributed by atoms with van der Waals surface area (Å²) in [4.78, 5) is 14.1. The van der Waals surface area contributed by atoms with Crippen LogP contribution in [0.2, 0.25) is 0 Å². The lowest BCUT2D eigenvalue weighted by Gasteiger charge is -2.34. The van der Waals surface area contributed by atoms with Crippen LogP contribution in [0.1, 0.15) is 33.1 Å². The number of piperidine rings is 1. The molecule has 2 rings (SSSR count). The number of carbonyl (C=O) groups excluding carboxylic acids is 1. The standard InChI is InChI=1S/C17H25FN2O3S/c1-12(24(22,23)16-5-3-15(18)4-6-16)11-17(21)20-9-7-14(8-10-20)13(2)19/h3-6,12-14H,7-11,19H2,1-2H3. The van der Waals surface area contributed by atoms with E-state index in [0.717, 1.165) is 25.0 Å². The highest BCUT2D eigenvalue weighted by atomic mass is 32.2. The molecule has 0 bridgehead atoms. The summed E-state index contributed by atoms with van der Waals surface area (Å²) in [6.07, 6.45) is 1.63. The van der Waals surface area contributed by atoms with E-state index in [-0.39, 0.29) is 23.3 Å². The minimum absolute atomic E-state index is 0.0415. The molecule has 0 aromatic heterocycles. The van der Waals surface area contributed by atoms with E-state index < -0.39 is 20.9 Å². The zero-order valence-electron chi connectivity index (χ0n) is 14.1. The largest absolute Gasteiger partial charge is 0.343 e. The second-order valence-corrected chi connectivity index (χ2v) is 8.96. The Hall–Kier alpha value is -1.47. The summed E-state index contributed by atoms with van der Waals surface area (Å²) in [6.45, 7) is 4.73. The molecule has 1 aromatic carbocycles. The average molecular weight is 356 g/mol. The van der Waals surface area contributed by atoms with Gasteiger partial charge < -0.3 is 10.6 Å². The zero-order chi connectivity index (χ0) is 17.9. The normalized spacial score (nSPS) is 19.1. The molecule has 1 aliphatic rings. The Bertz CT molecular complexity index is 666. The van der Waals surface area contributed by atoms with Gasteiger partial charge in [0.2, 0.25) is 5.91 Å². The minimum atomic E-state index is -3.65. The van der Waals surface area contributed by atoms with Gasteiger partial charge in [-0.05, 0) is 56.9 Å². The van der Waals surface area contributed by atoms with Gasteiger partial charge in [0.15, 0.2) is 9.84 Å². The molecule has 1 aliphatic heterocycles. The first kappa shape index (κ1) is 18.9. The summed E-state index contributed by atoms with van der Waals surface area (Å²) in [7, 11) is -3.65. The number of halogens is 1. The lowest BCUT2D eigenvalue weighted by atomic mass is 9.91. The highest BCUT2D eigenvalue weighted by Crippen LogP contribution is 2.23. The van der Waals surface area contributed by atoms with Crippen molar-refractivity contribution in [3.05, 3.63) is 30.1 Å². The molecule has 1 amide bonds. The number of carbonyl (C=O) groups is 1. The van der Waals surface area contributed by atoms with Crippen molar-refractivity contribution < 1.29 is 17.6 Å². The van der Waals surface area contributed by atoms with Crippen molar-refractivity contribution in [2.24, 2.45) is 11.7 Å². The quantitative estimate of drug-likeness (QED) is 0.818. The Kier molecular flexibility index (Phi) is 5.98. The molecule has 1 aromatic rings. The Morgan fingerprint density at radius 2 is 1.79 bits per heavy atom. The highest BCUT2D eigenvalue weighted by Gasteiger charge is 2.30. The monoisotopic (exact) mass is 356 g/mol. The van der Waals surface area contributed by atoms with Crippen molar-refractivity contribution in [2.75, 3.05) is 13.1 Å². The lowest BCUT2D eigenvalue weighted by molar-refractivity contribution is -0.132. The first-order chi connectivity index (χ1) is 11.2. The number of rotatable bonds is 5. The third kappa shape index (κ3) is 4.33. The second kappa shape index (κ2) is 7.61. The molecular formula is C17H25FN2O3S. The van der Waals surface area contributed by atoms with E-state index in [9.17, 15) is 17.6 Å². The number of hydrogen-bond donors (Lipinski definition) is 1. The predicted molar refractivity (Wildman–Crippen MR) is 90.6 cm³/mol. The topological polar surface area (TPSA) is 80.5 Å². The number of likely N-dealkylation sites (tertiary alicyclic amines) is 1. The van der Waals surface area contributed by atoms with Crippen LogP contribution in [0.15, 0.2) is 29.2 Å². The van der Waals surface area contributed by atoms with E-state index in [1.807, 2.05) is 6.92 Å². The van der Waals surface area contributed by atoms with Crippen LogP contribution in [0.4, 0.5) is 4.39 Å². The molecule has 0 saturated carbocycles. The van der Waals surface area contributed by atoms with Crippen molar-refractivity contribution in [3.63, 3.8) is 0 Å². The maximum Gasteiger partial charge on any atom is 0.223 e. The van der Waals surface area contributed by atoms with Gasteiger partial charge in [-0.25, -0.2) is 12.8 Å². The lowest BCUT2D eigenvalue weighted by Crippen LogP contribution is -2.43. The van der Waals surface area contributed by atoms with Gasteiger partial charge in [-0.1, -0.05) is 0 Å². The Balaban J connectivity index is 1.97. The molecule has 2 unspecified atom stereocenters. The number of hydrogen-bond acceptors (Lipinski definition) is 4. The summed E-state index contributed by atoms with van der Waals surface area (Å²) in [5.41, 5.74) is 5.89. The molecule has 7 heteroatoms. The van der Waals surface area contributed by atoms with Crippen molar-refractivity contribution in [1.82, 2.24) is 4.90 Å². The fourth-order valence-electron chi connectivity index (χ4n) is 3.02. The number of nitrogens with two attached hydrogens (primary N) is 1. The summed E-state index contributed by atoms with van der Waals surface area (Å²) in [6, 6.07) is 4.81. The molecule has 1 heterocycles. The Morgan fingerprint density at radius 1 is 1.25 bits per heavy atom. The van der Waals surface area contributed by atoms with E-state index >= 15 is 0 Å². The molecule has 134 valence electrons. The summed E-state index contributed by atoms with van der Waals surface area (Å²) < 4.78 is 37.9. The third-order valence-corrected chi connectivity index (χ3v) is 6.93. The highest BCUT2D eigenvalue weighted by molar-refractivity contribution is 7.92. The summed E-state index contributed by atoms with van der Waals surface area (Å²) in [5, 5.41) is -0.846. The molecule has 2 N–H and O–H groups in total. The second-order valence-electron chi connectivity index (χ2n) is 6.59. The van der Waals surface area contributed by atoms with Gasteiger partial charge in [0.05, 0.1) is 10.1 Å². The van der Waals surface area contributed by atoms with Crippen LogP contribution in [0.3, 0.4) is 0 Å². The number of benzene rings is 1. The predicted octanol–water partition coefficient (Wildman–Crippen LogP) is 1.96. The molecule has 5 nitrogen and oxygen atoms in total. The van der Waals surface area contributed by atoms with E-state index in [2.05, 4.69) is 0 Å². The molecule has 0 spiro atoms. The van der Waals surface area contributed by atoms with Crippen molar-refractivity contribution in [1.29, 1.82) is 0 Å². The van der Waals surface area contributed by atoms with Gasteiger partial charge in [0.1, 0.15) is 5.82 Å². The first-order valence-electron chi connectivity index (χ1n) is 8.24. The van der Waals surface area contributed by atoms with Crippen molar-refractivity contribution in [2.45, 2.75) is 49.3 Å². The zero-order valence-corrected chi connectivity index (χ0v) is 14.9. The molecule has 1 saturated heterocycles. The van der Waals surface area contributed by atoms with Gasteiger partial charge in [0, 0.05) is 25.6 Å². The van der Waals surface area contributed by atoms with Gasteiger partial charge in [-0.2, -0.15) is 0 Å². The van der Waals surface area contributed by atoms with Crippen molar-refractivity contribution in [3.8, 4) is 0 Å². The fourth-order valence-corrected chi connectivity index (χ4v) is 4.36. The molecule has 0 radical (unpaired) electrons. The Morgan fingerprint density at radius 3 is 2.29 bits per heavy atom. The smallest absolute Gasteiger partial charge is 0.223 e. The number of sulfone groups is 1. The summed E-state index contributed by atoms with van der Waals surface area (Å²) in [5.74, 6) is -0.236. The summed E-state index contributed by atoms with van der Waals surface area (Å²) >= 11 is 0. The molecule has 2 atom stereocenters. The van der Waals surface area contributed by atoms with Crippen LogP contribution in [0, 0.1) is 11.7 Å². The van der Waals surface area contributed by atoms with Crippen molar-refractivity contribution >= 4 is 15.7 Å². The maximum atomic E-state index is 13.0. The van der Waals surface area contributed by atoms with Gasteiger partial charge in [-0.3, -0.25) is 4.79 Å². The fraction of sp³-hybridized carbons (Fsp3) is 0.588. The molecular weight excluding hydrogens is 331 g/mol. The van der Waals surface area contributed by atoms with E-state index in [0.29, 0.717) is 19.0 Å². The van der Waals surface area contributed by atoms with Crippen LogP contribution in [0.5, 0.6) is 0 Å². The van der Waals surface area contributed by atoms with Crippen LogP contribution in [-0.2, 0) is 14.6 Å². The van der Waals surface area contributed by atoms with E-state index in [1.165, 1.54) is 19.1 Å². The van der Waals surface area contributed by atoms with E-state index in [1.54, 1.807) is 4.90 Å². The Labute approximate surface area is 142 Å². The third-order valence-electron chi connectivity index (χ3n) is 4.77. The maximum absolute atomic E-state index is 13.0. The number of amides is 1. The van der Waals surface area contributed by atoms with E-state index in [4.69, 9.17) is 5.73 Å². The molecule has 24 heavy (non-hydrogen) atoms. The molecule has 1 fully saturated rings. The average Bonchev–Trinajstić information content (AvgIpc) is 2.55. The van der Waals surface area contributed by atoms with Crippen LogP contribution in [0.25, 0.3) is 0 Å². The van der Waals surface area contributed by atoms with Crippen LogP contribution >= 0.6 is 0 Å². The van der Waals surface area contributed by atoms with Gasteiger partial charge in [0.25, 0.3) is 0 Å². The van der Waals surface area contributed by atoms with Crippen LogP contribution < -0.4 is 5.73 Å². The SMILES string of the molecule is CC(N)C1CCN(C(=O)CC(C)S(=O)(=O)c2ccc(F)cc2)CC1. The first-order valence-corrected chi connectivity index (χ1v) is 9.79. The number of nitrogens with zero attached hydrogens (tertiary/aromatic N) is 1.